The van der Waals surface area contributed by atoms with Gasteiger partial charge in [-0.15, -0.1) is 0 Å². The highest BCUT2D eigenvalue weighted by Gasteiger charge is 2.03. The Morgan fingerprint density at radius 2 is 2.29 bits per heavy atom. The van der Waals surface area contributed by atoms with Crippen LogP contribution in [-0.4, -0.2) is 21.0 Å². The van der Waals surface area contributed by atoms with Gasteiger partial charge >= 0.3 is 0 Å². The third-order valence-electron chi connectivity index (χ3n) is 2.36. The molecule has 3 heteroatoms. The highest BCUT2D eigenvalue weighted by Crippen LogP contribution is 2.07. The first-order valence-electron chi connectivity index (χ1n) is 5.39. The van der Waals surface area contributed by atoms with E-state index >= 15 is 0 Å². The van der Waals surface area contributed by atoms with Crippen molar-refractivity contribution in [2.24, 2.45) is 7.05 Å². The Morgan fingerprint density at radius 1 is 1.50 bits per heavy atom. The Hall–Kier alpha value is -0.830. The molecule has 0 fully saturated rings. The number of rotatable bonds is 6. The summed E-state index contributed by atoms with van der Waals surface area (Å²) in [7, 11) is 1.93. The number of aromatic nitrogens is 2. The zero-order valence-electron chi connectivity index (χ0n) is 9.11. The van der Waals surface area contributed by atoms with Crippen molar-refractivity contribution in [2.45, 2.75) is 45.1 Å². The van der Waals surface area contributed by atoms with Crippen molar-refractivity contribution in [1.29, 1.82) is 0 Å². The fourth-order valence-electron chi connectivity index (χ4n) is 1.59. The van der Waals surface area contributed by atoms with Crippen LogP contribution in [0.3, 0.4) is 0 Å². The normalized spacial score (nSPS) is 13.1. The van der Waals surface area contributed by atoms with Crippen molar-refractivity contribution in [3.8, 4) is 0 Å². The van der Waals surface area contributed by atoms with E-state index in [0.717, 1.165) is 37.8 Å². The molecular formula is C11H20N2O. The van der Waals surface area contributed by atoms with Crippen LogP contribution in [0, 0.1) is 0 Å². The molecule has 1 heterocycles. The molecule has 1 atom stereocenters. The van der Waals surface area contributed by atoms with E-state index < -0.39 is 0 Å². The van der Waals surface area contributed by atoms with Gasteiger partial charge in [0, 0.05) is 13.2 Å². The second-order valence-corrected chi connectivity index (χ2v) is 3.82. The standard InChI is InChI=1S/C11H20N2O/c1-3-5-11(14)7-4-6-10-8-9-13(2)12-10/h8-9,11,14H,3-7H2,1-2H3. The zero-order chi connectivity index (χ0) is 10.4. The van der Waals surface area contributed by atoms with E-state index in [4.69, 9.17) is 0 Å². The van der Waals surface area contributed by atoms with Crippen LogP contribution >= 0.6 is 0 Å². The first-order valence-corrected chi connectivity index (χ1v) is 5.39. The van der Waals surface area contributed by atoms with Crippen molar-refractivity contribution in [3.05, 3.63) is 18.0 Å². The molecule has 0 bridgehead atoms. The molecule has 0 radical (unpaired) electrons. The quantitative estimate of drug-likeness (QED) is 0.754. The molecule has 0 aliphatic heterocycles. The van der Waals surface area contributed by atoms with E-state index in [9.17, 15) is 5.11 Å². The average Bonchev–Trinajstić information content (AvgIpc) is 2.52. The monoisotopic (exact) mass is 196 g/mol. The molecule has 1 aromatic rings. The number of nitrogens with zero attached hydrogens (tertiary/aromatic N) is 2. The number of aryl methyl sites for hydroxylation is 2. The summed E-state index contributed by atoms with van der Waals surface area (Å²) in [5.41, 5.74) is 1.12. The van der Waals surface area contributed by atoms with Crippen LogP contribution in [0.4, 0.5) is 0 Å². The van der Waals surface area contributed by atoms with Gasteiger partial charge in [-0.05, 0) is 31.7 Å². The summed E-state index contributed by atoms with van der Waals surface area (Å²) >= 11 is 0. The van der Waals surface area contributed by atoms with Crippen molar-refractivity contribution in [2.75, 3.05) is 0 Å². The first-order chi connectivity index (χ1) is 6.72. The average molecular weight is 196 g/mol. The van der Waals surface area contributed by atoms with Gasteiger partial charge in [0.1, 0.15) is 0 Å². The minimum Gasteiger partial charge on any atom is -0.393 e. The molecule has 0 amide bonds. The lowest BCUT2D eigenvalue weighted by Gasteiger charge is -2.07. The van der Waals surface area contributed by atoms with Gasteiger partial charge in [0.25, 0.3) is 0 Å². The third-order valence-corrected chi connectivity index (χ3v) is 2.36. The summed E-state index contributed by atoms with van der Waals surface area (Å²) in [6, 6.07) is 2.03. The first kappa shape index (κ1) is 11.2. The maximum Gasteiger partial charge on any atom is 0.0624 e. The van der Waals surface area contributed by atoms with Crippen LogP contribution in [0.5, 0.6) is 0 Å². The molecule has 80 valence electrons. The fourth-order valence-corrected chi connectivity index (χ4v) is 1.59. The van der Waals surface area contributed by atoms with Crippen molar-refractivity contribution in [3.63, 3.8) is 0 Å². The van der Waals surface area contributed by atoms with Crippen molar-refractivity contribution >= 4 is 0 Å². The van der Waals surface area contributed by atoms with Crippen LogP contribution in [0.1, 0.15) is 38.3 Å². The molecule has 0 spiro atoms. The number of aliphatic hydroxyl groups excluding tert-OH is 1. The second-order valence-electron chi connectivity index (χ2n) is 3.82. The van der Waals surface area contributed by atoms with Crippen LogP contribution in [0.25, 0.3) is 0 Å². The van der Waals surface area contributed by atoms with Gasteiger partial charge in [0.05, 0.1) is 11.8 Å². The van der Waals surface area contributed by atoms with E-state index in [1.807, 2.05) is 24.0 Å². The predicted molar refractivity (Wildman–Crippen MR) is 57.1 cm³/mol. The molecule has 0 saturated heterocycles. The second kappa shape index (κ2) is 5.81. The predicted octanol–water partition coefficient (Wildman–Crippen LogP) is 1.90. The molecule has 3 nitrogen and oxygen atoms in total. The van der Waals surface area contributed by atoms with Crippen LogP contribution < -0.4 is 0 Å². The summed E-state index contributed by atoms with van der Waals surface area (Å²) in [6.07, 6.45) is 6.71. The van der Waals surface area contributed by atoms with Gasteiger partial charge in [-0.2, -0.15) is 5.10 Å². The molecule has 0 aromatic carbocycles. The lowest BCUT2D eigenvalue weighted by Crippen LogP contribution is -2.06. The largest absolute Gasteiger partial charge is 0.393 e. The maximum absolute atomic E-state index is 9.51. The minimum atomic E-state index is -0.122. The Balaban J connectivity index is 2.15. The minimum absolute atomic E-state index is 0.122. The Morgan fingerprint density at radius 3 is 2.86 bits per heavy atom. The molecule has 14 heavy (non-hydrogen) atoms. The Labute approximate surface area is 85.8 Å². The molecule has 1 N–H and O–H groups in total. The smallest absolute Gasteiger partial charge is 0.0624 e. The van der Waals surface area contributed by atoms with Gasteiger partial charge < -0.3 is 5.11 Å². The van der Waals surface area contributed by atoms with Crippen LogP contribution in [0.2, 0.25) is 0 Å². The summed E-state index contributed by atoms with van der Waals surface area (Å²) < 4.78 is 1.82. The highest BCUT2D eigenvalue weighted by molar-refractivity contribution is 4.98. The summed E-state index contributed by atoms with van der Waals surface area (Å²) in [4.78, 5) is 0. The summed E-state index contributed by atoms with van der Waals surface area (Å²) in [5.74, 6) is 0. The van der Waals surface area contributed by atoms with Crippen molar-refractivity contribution < 1.29 is 5.11 Å². The molecule has 1 unspecified atom stereocenters. The zero-order valence-corrected chi connectivity index (χ0v) is 9.11. The number of aliphatic hydroxyl groups is 1. The summed E-state index contributed by atoms with van der Waals surface area (Å²) in [6.45, 7) is 2.10. The van der Waals surface area contributed by atoms with E-state index in [1.165, 1.54) is 0 Å². The highest BCUT2D eigenvalue weighted by atomic mass is 16.3. The Bertz CT molecular complexity index is 258. The maximum atomic E-state index is 9.51. The van der Waals surface area contributed by atoms with Gasteiger partial charge in [-0.1, -0.05) is 13.3 Å². The molecular weight excluding hydrogens is 176 g/mol. The van der Waals surface area contributed by atoms with E-state index in [1.54, 1.807) is 0 Å². The molecule has 0 saturated carbocycles. The number of hydrogen-bond acceptors (Lipinski definition) is 2. The number of hydrogen-bond donors (Lipinski definition) is 1. The van der Waals surface area contributed by atoms with E-state index in [0.29, 0.717) is 0 Å². The molecule has 0 aliphatic rings. The molecule has 0 aliphatic carbocycles. The van der Waals surface area contributed by atoms with Gasteiger partial charge in [-0.3, -0.25) is 4.68 Å². The Kier molecular flexibility index (Phi) is 4.66. The van der Waals surface area contributed by atoms with Gasteiger partial charge in [0.15, 0.2) is 0 Å². The molecule has 1 aromatic heterocycles. The van der Waals surface area contributed by atoms with Gasteiger partial charge in [-0.25, -0.2) is 0 Å². The fraction of sp³-hybridized carbons (Fsp3) is 0.727. The topological polar surface area (TPSA) is 38.0 Å². The third kappa shape index (κ3) is 3.92. The lowest BCUT2D eigenvalue weighted by atomic mass is 10.1. The van der Waals surface area contributed by atoms with E-state index in [2.05, 4.69) is 12.0 Å². The SMILES string of the molecule is CCCC(O)CCCc1ccn(C)n1. The van der Waals surface area contributed by atoms with Crippen LogP contribution in [-0.2, 0) is 13.5 Å². The van der Waals surface area contributed by atoms with Gasteiger partial charge in [0.2, 0.25) is 0 Å². The van der Waals surface area contributed by atoms with E-state index in [-0.39, 0.29) is 6.10 Å². The lowest BCUT2D eigenvalue weighted by molar-refractivity contribution is 0.151. The molecule has 1 rings (SSSR count). The van der Waals surface area contributed by atoms with Crippen LogP contribution in [0.15, 0.2) is 12.3 Å². The summed E-state index contributed by atoms with van der Waals surface area (Å²) in [5, 5.41) is 13.8. The van der Waals surface area contributed by atoms with Crippen molar-refractivity contribution in [1.82, 2.24) is 9.78 Å².